The van der Waals surface area contributed by atoms with E-state index >= 15 is 0 Å². The van der Waals surface area contributed by atoms with Gasteiger partial charge in [0.15, 0.2) is 12.3 Å². The Kier molecular flexibility index (Phi) is 6.67. The van der Waals surface area contributed by atoms with Crippen molar-refractivity contribution in [2.45, 2.75) is 51.6 Å². The van der Waals surface area contributed by atoms with E-state index in [-0.39, 0.29) is 17.6 Å². The first-order valence-electron chi connectivity index (χ1n) is 11.1. The van der Waals surface area contributed by atoms with Gasteiger partial charge < -0.3 is 10.1 Å². The highest BCUT2D eigenvalue weighted by Crippen LogP contribution is 2.26. The molecule has 0 bridgehead atoms. The summed E-state index contributed by atoms with van der Waals surface area (Å²) in [4.78, 5) is 41.7. The number of amides is 3. The van der Waals surface area contributed by atoms with Gasteiger partial charge in [-0.05, 0) is 32.8 Å². The van der Waals surface area contributed by atoms with Crippen molar-refractivity contribution in [2.24, 2.45) is 0 Å². The minimum atomic E-state index is -0.690. The molecule has 0 atom stereocenters. The molecule has 9 nitrogen and oxygen atoms in total. The third kappa shape index (κ3) is 5.19. The topological polar surface area (TPSA) is 115 Å². The second kappa shape index (κ2) is 9.81. The minimum absolute atomic E-state index is 0.0362. The van der Waals surface area contributed by atoms with E-state index in [2.05, 4.69) is 15.7 Å². The fourth-order valence-corrected chi connectivity index (χ4v) is 3.98. The third-order valence-electron chi connectivity index (χ3n) is 5.62. The molecule has 2 heterocycles. The molecule has 9 heteroatoms. The zero-order valence-corrected chi connectivity index (χ0v) is 18.7. The van der Waals surface area contributed by atoms with Crippen LogP contribution >= 0.6 is 0 Å². The number of aromatic nitrogens is 3. The van der Waals surface area contributed by atoms with E-state index in [0.717, 1.165) is 31.2 Å². The van der Waals surface area contributed by atoms with Crippen LogP contribution in [0.1, 0.15) is 55.9 Å². The predicted octanol–water partition coefficient (Wildman–Crippen LogP) is 3.60. The zero-order chi connectivity index (χ0) is 23.4. The number of rotatable bonds is 6. The fourth-order valence-electron chi connectivity index (χ4n) is 3.98. The number of urea groups is 1. The molecule has 1 fully saturated rings. The smallest absolute Gasteiger partial charge is 0.339 e. The van der Waals surface area contributed by atoms with Crippen LogP contribution in [-0.4, -0.2) is 45.3 Å². The van der Waals surface area contributed by atoms with Crippen LogP contribution in [-0.2, 0) is 9.53 Å². The Morgan fingerprint density at radius 2 is 1.88 bits per heavy atom. The number of esters is 1. The molecule has 4 rings (SSSR count). The molecule has 1 aliphatic rings. The van der Waals surface area contributed by atoms with Crippen LogP contribution in [0.5, 0.6) is 0 Å². The van der Waals surface area contributed by atoms with E-state index in [0.29, 0.717) is 16.7 Å². The standard InChI is InChI=1S/C24H27N5O4/c1-15(2)29-22-19(13-25-29)18(12-20(27-22)16-8-4-3-5-9-16)23(31)33-14-21(30)28-24(32)26-17-10-6-7-11-17/h3-5,8-9,12-13,15,17H,6-7,10-11,14H2,1-2H3,(H2,26,28,30,32). The normalized spacial score (nSPS) is 13.9. The van der Waals surface area contributed by atoms with Crippen molar-refractivity contribution in [3.05, 3.63) is 48.2 Å². The predicted molar refractivity (Wildman–Crippen MR) is 123 cm³/mol. The summed E-state index contributed by atoms with van der Waals surface area (Å²) >= 11 is 0. The third-order valence-corrected chi connectivity index (χ3v) is 5.62. The molecule has 0 unspecified atom stereocenters. The zero-order valence-electron chi connectivity index (χ0n) is 18.7. The summed E-state index contributed by atoms with van der Waals surface area (Å²) in [6.45, 7) is 3.38. The molecule has 1 saturated carbocycles. The summed E-state index contributed by atoms with van der Waals surface area (Å²) in [5, 5.41) is 9.88. The molecular weight excluding hydrogens is 422 g/mol. The fraction of sp³-hybridized carbons (Fsp3) is 0.375. The first kappa shape index (κ1) is 22.4. The Morgan fingerprint density at radius 1 is 1.15 bits per heavy atom. The van der Waals surface area contributed by atoms with E-state index in [9.17, 15) is 14.4 Å². The lowest BCUT2D eigenvalue weighted by Crippen LogP contribution is -2.45. The average molecular weight is 450 g/mol. The Labute approximate surface area is 191 Å². The number of imide groups is 1. The maximum Gasteiger partial charge on any atom is 0.339 e. The van der Waals surface area contributed by atoms with Gasteiger partial charge in [-0.2, -0.15) is 5.10 Å². The molecule has 0 radical (unpaired) electrons. The molecule has 172 valence electrons. The summed E-state index contributed by atoms with van der Waals surface area (Å²) in [5.74, 6) is -1.38. The number of benzene rings is 1. The molecule has 0 aliphatic heterocycles. The van der Waals surface area contributed by atoms with Gasteiger partial charge in [0.05, 0.1) is 22.8 Å². The van der Waals surface area contributed by atoms with Crippen LogP contribution in [0.2, 0.25) is 0 Å². The Hall–Kier alpha value is -3.75. The van der Waals surface area contributed by atoms with Crippen molar-refractivity contribution < 1.29 is 19.1 Å². The molecule has 3 aromatic rings. The quantitative estimate of drug-likeness (QED) is 0.556. The average Bonchev–Trinajstić information content (AvgIpc) is 3.47. The first-order valence-corrected chi connectivity index (χ1v) is 11.1. The lowest BCUT2D eigenvalue weighted by molar-refractivity contribution is -0.123. The van der Waals surface area contributed by atoms with Crippen molar-refractivity contribution in [3.8, 4) is 11.3 Å². The molecule has 0 saturated heterocycles. The van der Waals surface area contributed by atoms with Crippen LogP contribution in [0, 0.1) is 0 Å². The van der Waals surface area contributed by atoms with E-state index in [1.54, 1.807) is 16.9 Å². The lowest BCUT2D eigenvalue weighted by Gasteiger charge is -2.13. The number of hydrogen-bond donors (Lipinski definition) is 2. The number of carbonyl (C=O) groups excluding carboxylic acids is 3. The summed E-state index contributed by atoms with van der Waals surface area (Å²) in [7, 11) is 0. The second-order valence-corrected chi connectivity index (χ2v) is 8.42. The molecule has 1 aromatic carbocycles. The van der Waals surface area contributed by atoms with Gasteiger partial charge in [-0.15, -0.1) is 0 Å². The van der Waals surface area contributed by atoms with Crippen molar-refractivity contribution in [1.29, 1.82) is 0 Å². The number of carbonyl (C=O) groups is 3. The Bertz CT molecular complexity index is 1170. The summed E-state index contributed by atoms with van der Waals surface area (Å²) in [6, 6.07) is 10.7. The highest BCUT2D eigenvalue weighted by atomic mass is 16.5. The molecule has 33 heavy (non-hydrogen) atoms. The highest BCUT2D eigenvalue weighted by Gasteiger charge is 2.22. The van der Waals surface area contributed by atoms with Gasteiger partial charge >= 0.3 is 12.0 Å². The second-order valence-electron chi connectivity index (χ2n) is 8.42. The first-order chi connectivity index (χ1) is 15.9. The van der Waals surface area contributed by atoms with Crippen LogP contribution < -0.4 is 10.6 Å². The van der Waals surface area contributed by atoms with Gasteiger partial charge in [-0.1, -0.05) is 43.2 Å². The SMILES string of the molecule is CC(C)n1ncc2c(C(=O)OCC(=O)NC(=O)NC3CCCC3)cc(-c3ccccc3)nc21. The van der Waals surface area contributed by atoms with E-state index in [1.807, 2.05) is 44.2 Å². The van der Waals surface area contributed by atoms with Crippen LogP contribution in [0.4, 0.5) is 4.79 Å². The molecule has 2 N–H and O–H groups in total. The maximum absolute atomic E-state index is 12.9. The summed E-state index contributed by atoms with van der Waals surface area (Å²) in [6.07, 6.45) is 5.51. The number of nitrogens with one attached hydrogen (secondary N) is 2. The highest BCUT2D eigenvalue weighted by molar-refractivity contribution is 6.04. The summed E-state index contributed by atoms with van der Waals surface area (Å²) in [5.41, 5.74) is 2.25. The van der Waals surface area contributed by atoms with E-state index in [4.69, 9.17) is 9.72 Å². The molecule has 0 spiro atoms. The van der Waals surface area contributed by atoms with Crippen LogP contribution in [0.15, 0.2) is 42.6 Å². The van der Waals surface area contributed by atoms with Crippen molar-refractivity contribution in [3.63, 3.8) is 0 Å². The van der Waals surface area contributed by atoms with Gasteiger partial charge in [0.2, 0.25) is 0 Å². The van der Waals surface area contributed by atoms with Gasteiger partial charge in [-0.3, -0.25) is 10.1 Å². The molecule has 1 aliphatic carbocycles. The molecular formula is C24H27N5O4. The Morgan fingerprint density at radius 3 is 2.58 bits per heavy atom. The number of fused-ring (bicyclic) bond motifs is 1. The summed E-state index contributed by atoms with van der Waals surface area (Å²) < 4.78 is 6.97. The number of pyridine rings is 1. The largest absolute Gasteiger partial charge is 0.452 e. The maximum atomic E-state index is 12.9. The Balaban J connectivity index is 1.51. The number of hydrogen-bond acceptors (Lipinski definition) is 6. The van der Waals surface area contributed by atoms with Gasteiger partial charge in [0, 0.05) is 17.6 Å². The number of ether oxygens (including phenoxy) is 1. The lowest BCUT2D eigenvalue weighted by atomic mass is 10.1. The van der Waals surface area contributed by atoms with Crippen LogP contribution in [0.25, 0.3) is 22.3 Å². The molecule has 3 amide bonds. The van der Waals surface area contributed by atoms with Gasteiger partial charge in [-0.25, -0.2) is 19.3 Å². The van der Waals surface area contributed by atoms with Gasteiger partial charge in [0.25, 0.3) is 5.91 Å². The number of nitrogens with zero attached hydrogens (tertiary/aromatic N) is 3. The minimum Gasteiger partial charge on any atom is -0.452 e. The molecule has 2 aromatic heterocycles. The van der Waals surface area contributed by atoms with E-state index in [1.165, 1.54) is 0 Å². The van der Waals surface area contributed by atoms with Gasteiger partial charge in [0.1, 0.15) is 0 Å². The van der Waals surface area contributed by atoms with Crippen LogP contribution in [0.3, 0.4) is 0 Å². The monoisotopic (exact) mass is 449 g/mol. The van der Waals surface area contributed by atoms with Crippen molar-refractivity contribution >= 4 is 28.9 Å². The van der Waals surface area contributed by atoms with Crippen molar-refractivity contribution in [1.82, 2.24) is 25.4 Å². The van der Waals surface area contributed by atoms with E-state index < -0.39 is 24.5 Å². The van der Waals surface area contributed by atoms with Crippen molar-refractivity contribution in [2.75, 3.05) is 6.61 Å².